The van der Waals surface area contributed by atoms with Crippen LogP contribution in [0.5, 0.6) is 0 Å². The van der Waals surface area contributed by atoms with Crippen molar-refractivity contribution in [2.75, 3.05) is 0 Å². The van der Waals surface area contributed by atoms with Gasteiger partial charge in [-0.25, -0.2) is 4.68 Å². The molecule has 4 aromatic rings. The van der Waals surface area contributed by atoms with Crippen molar-refractivity contribution in [2.45, 2.75) is 13.0 Å². The van der Waals surface area contributed by atoms with Crippen molar-refractivity contribution >= 4 is 16.7 Å². The van der Waals surface area contributed by atoms with Crippen LogP contribution in [0.3, 0.4) is 0 Å². The van der Waals surface area contributed by atoms with E-state index in [1.54, 1.807) is 25.2 Å². The van der Waals surface area contributed by atoms with Crippen LogP contribution in [0.2, 0.25) is 0 Å². The Bertz CT molecular complexity index is 1230. The molecule has 1 aromatic heterocycles. The molecule has 0 fully saturated rings. The van der Waals surface area contributed by atoms with Crippen molar-refractivity contribution in [3.8, 4) is 11.3 Å². The summed E-state index contributed by atoms with van der Waals surface area (Å²) in [5, 5.41) is 8.88. The van der Waals surface area contributed by atoms with Gasteiger partial charge in [0.25, 0.3) is 11.5 Å². The first-order valence-electron chi connectivity index (χ1n) is 9.47. The monoisotopic (exact) mass is 383 g/mol. The number of nitrogens with one attached hydrogen (secondary N) is 1. The summed E-state index contributed by atoms with van der Waals surface area (Å²) in [6.07, 6.45) is 0. The van der Waals surface area contributed by atoms with Crippen LogP contribution in [-0.2, 0) is 7.05 Å². The zero-order valence-electron chi connectivity index (χ0n) is 16.3. The molecule has 5 nitrogen and oxygen atoms in total. The van der Waals surface area contributed by atoms with Crippen LogP contribution in [0.4, 0.5) is 0 Å². The summed E-state index contributed by atoms with van der Waals surface area (Å²) in [5.74, 6) is -0.133. The van der Waals surface area contributed by atoms with Gasteiger partial charge in [-0.1, -0.05) is 60.7 Å². The summed E-state index contributed by atoms with van der Waals surface area (Å²) in [4.78, 5) is 24.9. The van der Waals surface area contributed by atoms with E-state index in [2.05, 4.69) is 10.4 Å². The Kier molecular flexibility index (Phi) is 4.96. The highest BCUT2D eigenvalue weighted by atomic mass is 16.1. The highest BCUT2D eigenvalue weighted by Crippen LogP contribution is 2.25. The number of aromatic nitrogens is 2. The third-order valence-electron chi connectivity index (χ3n) is 5.02. The van der Waals surface area contributed by atoms with Gasteiger partial charge in [-0.15, -0.1) is 0 Å². The van der Waals surface area contributed by atoms with Gasteiger partial charge in [0, 0.05) is 23.6 Å². The van der Waals surface area contributed by atoms with Crippen LogP contribution < -0.4 is 10.9 Å². The Morgan fingerprint density at radius 1 is 0.897 bits per heavy atom. The molecule has 1 heterocycles. The molecule has 0 aliphatic heterocycles. The van der Waals surface area contributed by atoms with E-state index in [-0.39, 0.29) is 17.5 Å². The minimum absolute atomic E-state index is 0.0855. The molecule has 1 atom stereocenters. The molecule has 1 unspecified atom stereocenters. The highest BCUT2D eigenvalue weighted by molar-refractivity contribution is 5.97. The Labute approximate surface area is 168 Å². The summed E-state index contributed by atoms with van der Waals surface area (Å²) in [6.45, 7) is 1.96. The molecule has 0 saturated carbocycles. The van der Waals surface area contributed by atoms with Crippen molar-refractivity contribution in [1.82, 2.24) is 15.1 Å². The molecule has 5 heteroatoms. The maximum absolute atomic E-state index is 12.6. The second-order valence-electron chi connectivity index (χ2n) is 7.01. The summed E-state index contributed by atoms with van der Waals surface area (Å²) in [7, 11) is 1.64. The van der Waals surface area contributed by atoms with E-state index >= 15 is 0 Å². The van der Waals surface area contributed by atoms with Crippen LogP contribution in [-0.4, -0.2) is 15.7 Å². The number of aryl methyl sites for hydroxylation is 1. The van der Waals surface area contributed by atoms with Crippen LogP contribution in [0.15, 0.2) is 83.7 Å². The molecule has 0 aliphatic rings. The van der Waals surface area contributed by atoms with Crippen molar-refractivity contribution in [3.63, 3.8) is 0 Å². The first-order valence-corrected chi connectivity index (χ1v) is 9.47. The Hall–Kier alpha value is -3.73. The first kappa shape index (κ1) is 18.6. The van der Waals surface area contributed by atoms with Crippen molar-refractivity contribution in [2.24, 2.45) is 7.05 Å². The van der Waals surface area contributed by atoms with Gasteiger partial charge in [0.2, 0.25) is 0 Å². The number of hydrogen-bond donors (Lipinski definition) is 1. The van der Waals surface area contributed by atoms with Gasteiger partial charge < -0.3 is 5.32 Å². The van der Waals surface area contributed by atoms with Crippen LogP contribution >= 0.6 is 0 Å². The van der Waals surface area contributed by atoms with Crippen LogP contribution in [0.25, 0.3) is 22.0 Å². The number of carbonyl (C=O) groups is 1. The number of carbonyl (C=O) groups excluding carboxylic acids is 1. The molecule has 1 amide bonds. The van der Waals surface area contributed by atoms with Gasteiger partial charge in [0.05, 0.1) is 17.1 Å². The highest BCUT2D eigenvalue weighted by Gasteiger charge is 2.13. The predicted molar refractivity (Wildman–Crippen MR) is 115 cm³/mol. The molecule has 29 heavy (non-hydrogen) atoms. The Morgan fingerprint density at radius 3 is 2.21 bits per heavy atom. The largest absolute Gasteiger partial charge is 0.346 e. The molecule has 4 rings (SSSR count). The maximum Gasteiger partial charge on any atom is 0.274 e. The number of benzene rings is 3. The van der Waals surface area contributed by atoms with Gasteiger partial charge >= 0.3 is 0 Å². The molecular weight excluding hydrogens is 362 g/mol. The third-order valence-corrected chi connectivity index (χ3v) is 5.02. The summed E-state index contributed by atoms with van der Waals surface area (Å²) < 4.78 is 1.35. The van der Waals surface area contributed by atoms with Crippen molar-refractivity contribution < 1.29 is 4.79 Å². The summed E-state index contributed by atoms with van der Waals surface area (Å²) in [6, 6.07) is 24.5. The number of hydrogen-bond acceptors (Lipinski definition) is 3. The lowest BCUT2D eigenvalue weighted by atomic mass is 10.0. The SMILES string of the molecule is CC(NC(=O)c1ccc(-c2nn(C)c(=O)c3ccccc23)cc1)c1ccccc1. The van der Waals surface area contributed by atoms with E-state index in [0.717, 1.165) is 16.5 Å². The van der Waals surface area contributed by atoms with Gasteiger partial charge in [-0.05, 0) is 30.7 Å². The fraction of sp³-hybridized carbons (Fsp3) is 0.125. The smallest absolute Gasteiger partial charge is 0.274 e. The predicted octanol–water partition coefficient (Wildman–Crippen LogP) is 4.09. The lowest BCUT2D eigenvalue weighted by Crippen LogP contribution is -2.26. The minimum Gasteiger partial charge on any atom is -0.346 e. The number of rotatable bonds is 4. The summed E-state index contributed by atoms with van der Waals surface area (Å²) in [5.41, 5.74) is 3.07. The van der Waals surface area contributed by atoms with Gasteiger partial charge in [-0.2, -0.15) is 5.10 Å². The first-order chi connectivity index (χ1) is 14.0. The minimum atomic E-state index is -0.133. The zero-order valence-corrected chi connectivity index (χ0v) is 16.3. The molecule has 0 bridgehead atoms. The van der Waals surface area contributed by atoms with E-state index in [9.17, 15) is 9.59 Å². The Balaban J connectivity index is 1.62. The average Bonchev–Trinajstić information content (AvgIpc) is 2.77. The molecule has 0 aliphatic carbocycles. The number of nitrogens with zero attached hydrogens (tertiary/aromatic N) is 2. The molecule has 0 saturated heterocycles. The molecule has 0 radical (unpaired) electrons. The van der Waals surface area contributed by atoms with E-state index in [1.807, 2.05) is 67.6 Å². The second kappa shape index (κ2) is 7.72. The fourth-order valence-electron chi connectivity index (χ4n) is 3.40. The van der Waals surface area contributed by atoms with E-state index < -0.39 is 0 Å². The van der Waals surface area contributed by atoms with E-state index in [0.29, 0.717) is 16.6 Å². The van der Waals surface area contributed by atoms with Gasteiger partial charge in [-0.3, -0.25) is 9.59 Å². The Morgan fingerprint density at radius 2 is 1.52 bits per heavy atom. The molecule has 1 N–H and O–H groups in total. The van der Waals surface area contributed by atoms with E-state index in [4.69, 9.17) is 0 Å². The van der Waals surface area contributed by atoms with Crippen LogP contribution in [0, 0.1) is 0 Å². The molecule has 144 valence electrons. The maximum atomic E-state index is 12.6. The molecular formula is C24H21N3O2. The quantitative estimate of drug-likeness (QED) is 0.577. The number of fused-ring (bicyclic) bond motifs is 1. The molecule has 0 spiro atoms. The summed E-state index contributed by atoms with van der Waals surface area (Å²) >= 11 is 0. The van der Waals surface area contributed by atoms with Gasteiger partial charge in [0.15, 0.2) is 0 Å². The average molecular weight is 383 g/mol. The van der Waals surface area contributed by atoms with Crippen LogP contribution in [0.1, 0.15) is 28.9 Å². The third kappa shape index (κ3) is 3.67. The topological polar surface area (TPSA) is 64.0 Å². The lowest BCUT2D eigenvalue weighted by Gasteiger charge is -2.14. The number of amides is 1. The standard InChI is InChI=1S/C24H21N3O2/c1-16(17-8-4-3-5-9-17)25-23(28)19-14-12-18(13-15-19)22-20-10-6-7-11-21(20)24(29)27(2)26-22/h3-16H,1-2H3,(H,25,28). The second-order valence-corrected chi connectivity index (χ2v) is 7.01. The fourth-order valence-corrected chi connectivity index (χ4v) is 3.40. The van der Waals surface area contributed by atoms with E-state index in [1.165, 1.54) is 4.68 Å². The lowest BCUT2D eigenvalue weighted by molar-refractivity contribution is 0.0940. The zero-order chi connectivity index (χ0) is 20.4. The van der Waals surface area contributed by atoms with Gasteiger partial charge in [0.1, 0.15) is 0 Å². The van der Waals surface area contributed by atoms with Crippen molar-refractivity contribution in [1.29, 1.82) is 0 Å². The van der Waals surface area contributed by atoms with Crippen molar-refractivity contribution in [3.05, 3.63) is 100 Å². The normalized spacial score (nSPS) is 11.9. The molecule has 3 aromatic carbocycles.